The number of hydroxylamine groups is 2. The zero-order valence-corrected chi connectivity index (χ0v) is 36.1. The largest absolute Gasteiger partial charge is 0.496 e. The van der Waals surface area contributed by atoms with Crippen molar-refractivity contribution in [3.05, 3.63) is 77.4 Å². The molecule has 5 N–H and O–H groups in total. The number of nitrogens with zero attached hydrogens (tertiary/aromatic N) is 4. The van der Waals surface area contributed by atoms with Gasteiger partial charge in [-0.05, 0) is 99.8 Å². The molecule has 2 bridgehead atoms. The van der Waals surface area contributed by atoms with Gasteiger partial charge < -0.3 is 45.4 Å². The van der Waals surface area contributed by atoms with Crippen molar-refractivity contribution in [1.29, 1.82) is 0 Å². The Kier molecular flexibility index (Phi) is 14.6. The maximum atomic E-state index is 14.3. The van der Waals surface area contributed by atoms with Gasteiger partial charge in [-0.25, -0.2) is 0 Å². The zero-order chi connectivity index (χ0) is 42.5. The third-order valence-corrected chi connectivity index (χ3v) is 12.8. The highest BCUT2D eigenvalue weighted by molar-refractivity contribution is 5.97. The number of aliphatic hydroxyl groups excluding tert-OH is 3. The Morgan fingerprint density at radius 2 is 1.71 bits per heavy atom. The molecule has 4 fully saturated rings. The number of para-hydroxylation sites is 2. The highest BCUT2D eigenvalue weighted by Gasteiger charge is 2.51. The summed E-state index contributed by atoms with van der Waals surface area (Å²) in [5, 5.41) is 39.2. The third kappa shape index (κ3) is 10.0. The van der Waals surface area contributed by atoms with Gasteiger partial charge in [-0.3, -0.25) is 14.4 Å². The fourth-order valence-corrected chi connectivity index (χ4v) is 9.61. The number of fused-ring (bicyclic) bond motifs is 2. The topological polar surface area (TPSA) is 150 Å². The van der Waals surface area contributed by atoms with Gasteiger partial charge in [0.2, 0.25) is 5.91 Å². The quantitative estimate of drug-likeness (QED) is 0.128. The number of carbonyl (C=O) groups is 2. The van der Waals surface area contributed by atoms with Crippen molar-refractivity contribution in [2.75, 3.05) is 78.5 Å². The fraction of sp³-hybridized carbons (Fsp3) is 0.565. The van der Waals surface area contributed by atoms with Gasteiger partial charge in [0, 0.05) is 80.3 Å². The first-order valence-corrected chi connectivity index (χ1v) is 21.1. The summed E-state index contributed by atoms with van der Waals surface area (Å²) in [7, 11) is 11.4. The first-order valence-electron chi connectivity index (χ1n) is 21.1. The first kappa shape index (κ1) is 44.3. The van der Waals surface area contributed by atoms with E-state index in [-0.39, 0.29) is 43.7 Å². The Morgan fingerprint density at radius 1 is 0.983 bits per heavy atom. The second-order valence-corrected chi connectivity index (χ2v) is 17.5. The minimum absolute atomic E-state index is 0.0404. The van der Waals surface area contributed by atoms with Crippen LogP contribution in [0.25, 0.3) is 11.1 Å². The monoisotopic (exact) mass is 814 g/mol. The van der Waals surface area contributed by atoms with E-state index in [0.717, 1.165) is 40.0 Å². The highest BCUT2D eigenvalue weighted by atomic mass is 16.7. The predicted molar refractivity (Wildman–Crippen MR) is 231 cm³/mol. The van der Waals surface area contributed by atoms with Gasteiger partial charge in [-0.15, -0.1) is 0 Å². The lowest BCUT2D eigenvalue weighted by Crippen LogP contribution is -2.57. The van der Waals surface area contributed by atoms with Crippen LogP contribution in [0, 0.1) is 23.7 Å². The Balaban J connectivity index is 1.28. The number of nitrogens with one attached hydrogen (secondary N) is 2. The molecule has 0 aromatic heterocycles. The number of aliphatic hydroxyl groups is 3. The van der Waals surface area contributed by atoms with Gasteiger partial charge in [0.1, 0.15) is 17.9 Å². The number of hydrogen-bond donors (Lipinski definition) is 5. The van der Waals surface area contributed by atoms with E-state index in [4.69, 9.17) is 9.57 Å². The molecule has 1 aliphatic heterocycles. The molecule has 59 heavy (non-hydrogen) atoms. The summed E-state index contributed by atoms with van der Waals surface area (Å²) in [6, 6.07) is 18.7. The molecule has 3 aromatic rings. The van der Waals surface area contributed by atoms with Gasteiger partial charge in [-0.2, -0.15) is 5.06 Å². The summed E-state index contributed by atoms with van der Waals surface area (Å²) in [5.41, 5.74) is 5.69. The average molecular weight is 815 g/mol. The summed E-state index contributed by atoms with van der Waals surface area (Å²) in [6.45, 7) is 4.83. The molecule has 13 nitrogen and oxygen atoms in total. The molecule has 7 rings (SSSR count). The van der Waals surface area contributed by atoms with E-state index < -0.39 is 24.2 Å². The minimum Gasteiger partial charge on any atom is -0.496 e. The maximum absolute atomic E-state index is 14.3. The maximum Gasteiger partial charge on any atom is 0.251 e. The summed E-state index contributed by atoms with van der Waals surface area (Å²) in [5.74, 6) is 1.15. The van der Waals surface area contributed by atoms with Crippen LogP contribution in [0.4, 0.5) is 11.4 Å². The number of methoxy groups -OCH3 is 1. The Bertz CT molecular complexity index is 1900. The molecule has 1 heterocycles. The molecule has 3 aliphatic carbocycles. The van der Waals surface area contributed by atoms with Crippen molar-refractivity contribution in [2.24, 2.45) is 23.7 Å². The zero-order valence-electron chi connectivity index (χ0n) is 36.1. The van der Waals surface area contributed by atoms with Crippen LogP contribution < -0.4 is 25.2 Å². The lowest BCUT2D eigenvalue weighted by molar-refractivity contribution is -0.182. The van der Waals surface area contributed by atoms with Crippen LogP contribution in [-0.4, -0.2) is 136 Å². The van der Waals surface area contributed by atoms with Crippen molar-refractivity contribution >= 4 is 23.2 Å². The molecular formula is C46H66N6O7. The lowest BCUT2D eigenvalue weighted by Gasteiger charge is -2.50. The summed E-state index contributed by atoms with van der Waals surface area (Å²) < 4.78 is 6.12. The molecular weight excluding hydrogens is 749 g/mol. The molecule has 0 radical (unpaired) electrons. The number of carbonyl (C=O) groups excluding carboxylic acids is 2. The molecule has 3 saturated carbocycles. The van der Waals surface area contributed by atoms with Crippen LogP contribution in [0.3, 0.4) is 0 Å². The van der Waals surface area contributed by atoms with Gasteiger partial charge in [0.25, 0.3) is 5.91 Å². The van der Waals surface area contributed by atoms with Crippen LogP contribution in [0.5, 0.6) is 5.75 Å². The molecule has 4 aliphatic rings. The van der Waals surface area contributed by atoms with Crippen LogP contribution in [-0.2, 0) is 22.6 Å². The molecule has 0 unspecified atom stereocenters. The number of hydrogen-bond acceptors (Lipinski definition) is 11. The second-order valence-electron chi connectivity index (χ2n) is 17.5. The Labute approximate surface area is 350 Å². The molecule has 2 amide bonds. The van der Waals surface area contributed by atoms with Crippen molar-refractivity contribution in [3.63, 3.8) is 0 Å². The third-order valence-electron chi connectivity index (χ3n) is 12.8. The average Bonchev–Trinajstić information content (AvgIpc) is 3.56. The minimum atomic E-state index is -0.906. The number of likely N-dealkylation sites (N-methyl/N-ethyl adjacent to an activating group) is 2. The second kappa shape index (κ2) is 19.4. The number of anilines is 2. The van der Waals surface area contributed by atoms with Crippen LogP contribution in [0.2, 0.25) is 0 Å². The van der Waals surface area contributed by atoms with Gasteiger partial charge in [0.15, 0.2) is 0 Å². The Hall–Kier alpha value is -4.24. The predicted octanol–water partition coefficient (Wildman–Crippen LogP) is 3.78. The van der Waals surface area contributed by atoms with Crippen molar-refractivity contribution in [2.45, 2.75) is 76.4 Å². The van der Waals surface area contributed by atoms with Crippen LogP contribution in [0.1, 0.15) is 54.6 Å². The van der Waals surface area contributed by atoms with Gasteiger partial charge in [-0.1, -0.05) is 43.3 Å². The number of ether oxygens (including phenoxy) is 1. The molecule has 3 aromatic carbocycles. The normalized spacial score (nSPS) is 24.9. The lowest BCUT2D eigenvalue weighted by atomic mass is 9.58. The summed E-state index contributed by atoms with van der Waals surface area (Å²) >= 11 is 0. The van der Waals surface area contributed by atoms with E-state index in [1.807, 2.05) is 99.6 Å². The van der Waals surface area contributed by atoms with E-state index in [2.05, 4.69) is 28.5 Å². The fourth-order valence-electron chi connectivity index (χ4n) is 9.61. The van der Waals surface area contributed by atoms with Crippen LogP contribution in [0.15, 0.2) is 60.7 Å². The van der Waals surface area contributed by atoms with Crippen molar-refractivity contribution in [1.82, 2.24) is 20.6 Å². The number of rotatable bonds is 18. The molecule has 322 valence electrons. The first-order chi connectivity index (χ1) is 28.2. The molecule has 0 spiro atoms. The molecule has 13 heteroatoms. The summed E-state index contributed by atoms with van der Waals surface area (Å²) in [4.78, 5) is 40.8. The highest BCUT2D eigenvalue weighted by Crippen LogP contribution is 2.49. The SMILES string of the molecule is COc1c(CN2O[C@@H](CO)[C@@H]([C@H](C)O)[C@H]2C(=O)N[C@H]2CC3CC(C3)[C@@H]2C)cccc1-c1cc(C(=O)N[C@@H](Cc2ccccc2N(C)CCO)CN(C)C)cc(N(C)C)c1. The van der Waals surface area contributed by atoms with Crippen molar-refractivity contribution in [3.8, 4) is 16.9 Å². The van der Waals surface area contributed by atoms with E-state index in [1.165, 1.54) is 12.8 Å². The molecule has 7 atom stereocenters. The summed E-state index contributed by atoms with van der Waals surface area (Å²) in [6.07, 6.45) is 2.33. The Morgan fingerprint density at radius 3 is 2.36 bits per heavy atom. The standard InChI is InChI=1S/C46H66N6O7/c1-28-33-18-30(19-33)20-39(28)48-46(57)43-42(29(2)55)41(27-54)59-52(43)25-32-13-11-14-38(44(32)58-8)34-21-35(24-37(23-34)50(5)6)45(56)47-36(26-49(3)4)22-31-12-9-10-15-40(31)51(7)16-17-53/h9-15,21,23-24,28-30,33,36,39,41-43,53-55H,16-20,22,25-27H2,1-8H3,(H,47,56)(H,48,57)/t28-,29-,30?,33?,36-,39-,41-,42+,43-/m0/s1. The number of amides is 2. The molecule has 1 saturated heterocycles. The van der Waals surface area contributed by atoms with E-state index in [0.29, 0.717) is 48.6 Å². The van der Waals surface area contributed by atoms with Gasteiger partial charge >= 0.3 is 0 Å². The van der Waals surface area contributed by atoms with E-state index in [1.54, 1.807) is 19.1 Å². The smallest absolute Gasteiger partial charge is 0.251 e. The van der Waals surface area contributed by atoms with Crippen molar-refractivity contribution < 1.29 is 34.5 Å². The number of benzene rings is 3. The van der Waals surface area contributed by atoms with Crippen LogP contribution >= 0.6 is 0 Å². The van der Waals surface area contributed by atoms with E-state index in [9.17, 15) is 24.9 Å². The van der Waals surface area contributed by atoms with E-state index >= 15 is 0 Å². The van der Waals surface area contributed by atoms with Gasteiger partial charge in [0.05, 0.1) is 33.0 Å².